The van der Waals surface area contributed by atoms with Gasteiger partial charge in [-0.25, -0.2) is 0 Å². The van der Waals surface area contributed by atoms with Gasteiger partial charge >= 0.3 is 0 Å². The molecule has 1 N–H and O–H groups in total. The Morgan fingerprint density at radius 1 is 1.07 bits per heavy atom. The second-order valence-electron chi connectivity index (χ2n) is 4.63. The Bertz CT molecular complexity index is 155. The quantitative estimate of drug-likeness (QED) is 0.728. The molecule has 15 heavy (non-hydrogen) atoms. The van der Waals surface area contributed by atoms with Crippen molar-refractivity contribution in [2.24, 2.45) is 0 Å². The molecule has 0 spiro atoms. The summed E-state index contributed by atoms with van der Waals surface area (Å²) in [5.41, 5.74) is 0. The molecule has 0 saturated heterocycles. The van der Waals surface area contributed by atoms with E-state index >= 15 is 0 Å². The van der Waals surface area contributed by atoms with Crippen LogP contribution in [0.4, 0.5) is 0 Å². The summed E-state index contributed by atoms with van der Waals surface area (Å²) in [7, 11) is 0. The fraction of sp³-hybridized carbons (Fsp3) is 1.00. The number of likely N-dealkylation sites (N-methyl/N-ethyl adjacent to an activating group) is 1. The SMILES string of the molecule is CCCNC1CCCCC1N(CC)CC. The smallest absolute Gasteiger partial charge is 0.0249 e. The molecule has 0 aromatic rings. The van der Waals surface area contributed by atoms with E-state index in [4.69, 9.17) is 0 Å². The predicted molar refractivity (Wildman–Crippen MR) is 67.3 cm³/mol. The van der Waals surface area contributed by atoms with Crippen molar-refractivity contribution in [2.45, 2.75) is 65.0 Å². The molecule has 90 valence electrons. The third-order valence-corrected chi connectivity index (χ3v) is 3.67. The number of hydrogen-bond acceptors (Lipinski definition) is 2. The van der Waals surface area contributed by atoms with Crippen molar-refractivity contribution in [3.05, 3.63) is 0 Å². The molecule has 0 amide bonds. The van der Waals surface area contributed by atoms with Crippen molar-refractivity contribution in [2.75, 3.05) is 19.6 Å². The average molecular weight is 212 g/mol. The van der Waals surface area contributed by atoms with Gasteiger partial charge in [0.25, 0.3) is 0 Å². The molecule has 1 saturated carbocycles. The number of nitrogens with zero attached hydrogens (tertiary/aromatic N) is 1. The normalized spacial score (nSPS) is 27.2. The first-order chi connectivity index (χ1) is 7.33. The molecule has 2 atom stereocenters. The second kappa shape index (κ2) is 7.24. The standard InChI is InChI=1S/C13H28N2/c1-4-11-14-12-9-7-8-10-13(12)15(5-2)6-3/h12-14H,4-11H2,1-3H3. The van der Waals surface area contributed by atoms with Gasteiger partial charge in [0, 0.05) is 12.1 Å². The minimum atomic E-state index is 0.749. The van der Waals surface area contributed by atoms with Gasteiger partial charge in [-0.2, -0.15) is 0 Å². The second-order valence-corrected chi connectivity index (χ2v) is 4.63. The Morgan fingerprint density at radius 3 is 2.33 bits per heavy atom. The van der Waals surface area contributed by atoms with Crippen molar-refractivity contribution in [3.8, 4) is 0 Å². The van der Waals surface area contributed by atoms with Crippen LogP contribution in [-0.4, -0.2) is 36.6 Å². The first kappa shape index (κ1) is 13.0. The van der Waals surface area contributed by atoms with E-state index in [9.17, 15) is 0 Å². The Hall–Kier alpha value is -0.0800. The molecule has 0 aromatic heterocycles. The first-order valence-electron chi connectivity index (χ1n) is 6.80. The van der Waals surface area contributed by atoms with Gasteiger partial charge < -0.3 is 5.32 Å². The van der Waals surface area contributed by atoms with Gasteiger partial charge in [-0.1, -0.05) is 33.6 Å². The molecule has 0 radical (unpaired) electrons. The van der Waals surface area contributed by atoms with E-state index in [1.807, 2.05) is 0 Å². The number of rotatable bonds is 6. The molecule has 2 heteroatoms. The zero-order valence-electron chi connectivity index (χ0n) is 10.8. The third kappa shape index (κ3) is 3.76. The van der Waals surface area contributed by atoms with E-state index in [1.54, 1.807) is 0 Å². The molecule has 0 heterocycles. The van der Waals surface area contributed by atoms with Crippen LogP contribution in [-0.2, 0) is 0 Å². The molecule has 1 rings (SSSR count). The van der Waals surface area contributed by atoms with Gasteiger partial charge in [0.05, 0.1) is 0 Å². The highest BCUT2D eigenvalue weighted by molar-refractivity contribution is 4.87. The zero-order chi connectivity index (χ0) is 11.1. The van der Waals surface area contributed by atoms with E-state index in [-0.39, 0.29) is 0 Å². The fourth-order valence-corrected chi connectivity index (χ4v) is 2.81. The molecule has 2 nitrogen and oxygen atoms in total. The molecule has 1 fully saturated rings. The average Bonchev–Trinajstić information content (AvgIpc) is 2.29. The van der Waals surface area contributed by atoms with Gasteiger partial charge in [0.2, 0.25) is 0 Å². The summed E-state index contributed by atoms with van der Waals surface area (Å²) in [5, 5.41) is 3.73. The molecule has 0 aromatic carbocycles. The minimum Gasteiger partial charge on any atom is -0.312 e. The van der Waals surface area contributed by atoms with Crippen molar-refractivity contribution in [3.63, 3.8) is 0 Å². The summed E-state index contributed by atoms with van der Waals surface area (Å²) in [6, 6.07) is 1.54. The van der Waals surface area contributed by atoms with Crippen LogP contribution in [0.2, 0.25) is 0 Å². The van der Waals surface area contributed by atoms with Gasteiger partial charge in [0.1, 0.15) is 0 Å². The first-order valence-corrected chi connectivity index (χ1v) is 6.80. The summed E-state index contributed by atoms with van der Waals surface area (Å²) >= 11 is 0. The minimum absolute atomic E-state index is 0.749. The maximum Gasteiger partial charge on any atom is 0.0249 e. The van der Waals surface area contributed by atoms with Crippen LogP contribution in [0, 0.1) is 0 Å². The highest BCUT2D eigenvalue weighted by Crippen LogP contribution is 2.23. The zero-order valence-corrected chi connectivity index (χ0v) is 10.8. The van der Waals surface area contributed by atoms with Crippen molar-refractivity contribution in [1.29, 1.82) is 0 Å². The lowest BCUT2D eigenvalue weighted by atomic mass is 9.89. The highest BCUT2D eigenvalue weighted by Gasteiger charge is 2.27. The van der Waals surface area contributed by atoms with Gasteiger partial charge in [-0.05, 0) is 38.9 Å². The Labute approximate surface area is 95.4 Å². The van der Waals surface area contributed by atoms with E-state index in [1.165, 1.54) is 51.7 Å². The molecular weight excluding hydrogens is 184 g/mol. The molecule has 0 aliphatic heterocycles. The van der Waals surface area contributed by atoms with Gasteiger partial charge in [-0.15, -0.1) is 0 Å². The molecule has 1 aliphatic carbocycles. The number of nitrogens with one attached hydrogen (secondary N) is 1. The van der Waals surface area contributed by atoms with Crippen molar-refractivity contribution < 1.29 is 0 Å². The van der Waals surface area contributed by atoms with Gasteiger partial charge in [0.15, 0.2) is 0 Å². The monoisotopic (exact) mass is 212 g/mol. The summed E-state index contributed by atoms with van der Waals surface area (Å²) in [6.45, 7) is 10.4. The van der Waals surface area contributed by atoms with Crippen LogP contribution in [0.15, 0.2) is 0 Å². The van der Waals surface area contributed by atoms with Crippen molar-refractivity contribution in [1.82, 2.24) is 10.2 Å². The van der Waals surface area contributed by atoms with Crippen LogP contribution in [0.5, 0.6) is 0 Å². The van der Waals surface area contributed by atoms with Crippen LogP contribution in [0.25, 0.3) is 0 Å². The lowest BCUT2D eigenvalue weighted by Crippen LogP contribution is -2.51. The van der Waals surface area contributed by atoms with E-state index < -0.39 is 0 Å². The fourth-order valence-electron chi connectivity index (χ4n) is 2.81. The topological polar surface area (TPSA) is 15.3 Å². The number of hydrogen-bond donors (Lipinski definition) is 1. The highest BCUT2D eigenvalue weighted by atomic mass is 15.2. The largest absolute Gasteiger partial charge is 0.312 e. The van der Waals surface area contributed by atoms with E-state index in [0.717, 1.165) is 12.1 Å². The molecule has 0 bridgehead atoms. The Morgan fingerprint density at radius 2 is 1.73 bits per heavy atom. The van der Waals surface area contributed by atoms with Crippen LogP contribution < -0.4 is 5.32 Å². The maximum atomic E-state index is 3.73. The summed E-state index contributed by atoms with van der Waals surface area (Å²) < 4.78 is 0. The Balaban J connectivity index is 2.48. The summed E-state index contributed by atoms with van der Waals surface area (Å²) in [4.78, 5) is 2.63. The van der Waals surface area contributed by atoms with Crippen LogP contribution >= 0.6 is 0 Å². The Kier molecular flexibility index (Phi) is 6.26. The summed E-state index contributed by atoms with van der Waals surface area (Å²) in [5.74, 6) is 0. The maximum absolute atomic E-state index is 3.73. The predicted octanol–water partition coefficient (Wildman–Crippen LogP) is 2.64. The van der Waals surface area contributed by atoms with E-state index in [0.29, 0.717) is 0 Å². The van der Waals surface area contributed by atoms with E-state index in [2.05, 4.69) is 31.0 Å². The van der Waals surface area contributed by atoms with Crippen LogP contribution in [0.1, 0.15) is 52.9 Å². The van der Waals surface area contributed by atoms with Gasteiger partial charge in [-0.3, -0.25) is 4.90 Å². The lowest BCUT2D eigenvalue weighted by Gasteiger charge is -2.39. The third-order valence-electron chi connectivity index (χ3n) is 3.67. The lowest BCUT2D eigenvalue weighted by molar-refractivity contribution is 0.133. The van der Waals surface area contributed by atoms with Crippen LogP contribution in [0.3, 0.4) is 0 Å². The summed E-state index contributed by atoms with van der Waals surface area (Å²) in [6.07, 6.45) is 6.86. The molecule has 1 aliphatic rings. The van der Waals surface area contributed by atoms with Crippen molar-refractivity contribution >= 4 is 0 Å². The molecule has 2 unspecified atom stereocenters. The molecular formula is C13H28N2.